The number of rotatable bonds is 5. The maximum atomic E-state index is 13.2. The molecule has 1 aliphatic rings. The molecule has 0 spiro atoms. The number of ketones is 1. The first kappa shape index (κ1) is 20.2. The van der Waals surface area contributed by atoms with Crippen LogP contribution in [0.5, 0.6) is 0 Å². The standard InChI is InChI=1S/C28H19NO2S2/c30-27(26-10-5-13-32-26)23-15-29-25-12-11-17(14-22(23)25)28(31)33-16-24-20-8-3-1-6-18(20)19-7-2-4-9-21(19)24/h1-15,24,29H,16H2. The number of nitrogens with one attached hydrogen (secondary N) is 1. The molecule has 1 N–H and O–H groups in total. The highest BCUT2D eigenvalue weighted by atomic mass is 32.2. The van der Waals surface area contributed by atoms with Crippen LogP contribution >= 0.6 is 23.1 Å². The number of carbonyl (C=O) groups excluding carboxylic acids is 2. The van der Waals surface area contributed by atoms with Crippen molar-refractivity contribution in [2.45, 2.75) is 5.92 Å². The van der Waals surface area contributed by atoms with Crippen molar-refractivity contribution in [3.05, 3.63) is 118 Å². The number of benzene rings is 3. The van der Waals surface area contributed by atoms with Gasteiger partial charge in [-0.25, -0.2) is 0 Å². The van der Waals surface area contributed by atoms with Gasteiger partial charge >= 0.3 is 0 Å². The SMILES string of the molecule is O=C(SCC1c2ccccc2-c2ccccc21)c1ccc2[nH]cc(C(=O)c3cccs3)c2c1. The fourth-order valence-corrected chi connectivity index (χ4v) is 6.31. The minimum absolute atomic E-state index is 0.0207. The number of carbonyl (C=O) groups is 2. The summed E-state index contributed by atoms with van der Waals surface area (Å²) >= 11 is 2.77. The Hall–Kier alpha value is -3.41. The lowest BCUT2D eigenvalue weighted by Gasteiger charge is -2.12. The van der Waals surface area contributed by atoms with Crippen molar-refractivity contribution >= 4 is 44.9 Å². The van der Waals surface area contributed by atoms with Crippen LogP contribution in [0.4, 0.5) is 0 Å². The third-order valence-corrected chi connectivity index (χ3v) is 8.12. The summed E-state index contributed by atoms with van der Waals surface area (Å²) in [5, 5.41) is 2.71. The monoisotopic (exact) mass is 465 g/mol. The summed E-state index contributed by atoms with van der Waals surface area (Å²) in [4.78, 5) is 29.9. The average Bonchev–Trinajstić information content (AvgIpc) is 3.60. The van der Waals surface area contributed by atoms with E-state index >= 15 is 0 Å². The van der Waals surface area contributed by atoms with Crippen molar-refractivity contribution in [3.8, 4) is 11.1 Å². The average molecular weight is 466 g/mol. The maximum absolute atomic E-state index is 13.2. The zero-order chi connectivity index (χ0) is 22.4. The number of aromatic amines is 1. The Kier molecular flexibility index (Phi) is 5.01. The van der Waals surface area contributed by atoms with Crippen molar-refractivity contribution in [2.75, 3.05) is 5.75 Å². The molecule has 0 unspecified atom stereocenters. The highest BCUT2D eigenvalue weighted by molar-refractivity contribution is 8.14. The smallest absolute Gasteiger partial charge is 0.219 e. The molecule has 5 aromatic rings. The molecular weight excluding hydrogens is 446 g/mol. The van der Waals surface area contributed by atoms with Crippen molar-refractivity contribution < 1.29 is 9.59 Å². The maximum Gasteiger partial charge on any atom is 0.219 e. The molecule has 2 heterocycles. The molecule has 0 radical (unpaired) electrons. The van der Waals surface area contributed by atoms with Crippen molar-refractivity contribution in [1.82, 2.24) is 4.98 Å². The van der Waals surface area contributed by atoms with E-state index in [4.69, 9.17) is 0 Å². The minimum Gasteiger partial charge on any atom is -0.360 e. The number of aromatic nitrogens is 1. The Morgan fingerprint density at radius 3 is 2.30 bits per heavy atom. The van der Waals surface area contributed by atoms with Gasteiger partial charge in [-0.3, -0.25) is 9.59 Å². The molecular formula is C28H19NO2S2. The van der Waals surface area contributed by atoms with Gasteiger partial charge in [-0.1, -0.05) is 66.4 Å². The summed E-state index contributed by atoms with van der Waals surface area (Å²) < 4.78 is 0. The van der Waals surface area contributed by atoms with E-state index < -0.39 is 0 Å². The van der Waals surface area contributed by atoms with Gasteiger partial charge in [0.05, 0.1) is 4.88 Å². The quantitative estimate of drug-likeness (QED) is 0.281. The first-order chi connectivity index (χ1) is 16.2. The highest BCUT2D eigenvalue weighted by Gasteiger charge is 2.28. The van der Waals surface area contributed by atoms with Crippen molar-refractivity contribution in [3.63, 3.8) is 0 Å². The zero-order valence-electron chi connectivity index (χ0n) is 17.6. The summed E-state index contributed by atoms with van der Waals surface area (Å²) in [5.74, 6) is 0.852. The van der Waals surface area contributed by atoms with Crippen LogP contribution in [0.25, 0.3) is 22.0 Å². The molecule has 0 amide bonds. The summed E-state index contributed by atoms with van der Waals surface area (Å²) in [6.07, 6.45) is 1.74. The van der Waals surface area contributed by atoms with Gasteiger partial charge in [-0.05, 0) is 51.9 Å². The van der Waals surface area contributed by atoms with Gasteiger partial charge in [-0.2, -0.15) is 0 Å². The Balaban J connectivity index is 1.27. The predicted octanol–water partition coefficient (Wildman–Crippen LogP) is 7.15. The van der Waals surface area contributed by atoms with E-state index in [0.29, 0.717) is 21.8 Å². The molecule has 0 fully saturated rings. The molecule has 2 aromatic heterocycles. The topological polar surface area (TPSA) is 49.9 Å². The van der Waals surface area contributed by atoms with Crippen LogP contribution in [0.3, 0.4) is 0 Å². The lowest BCUT2D eigenvalue weighted by Crippen LogP contribution is -2.04. The number of thioether (sulfide) groups is 1. The number of H-pyrrole nitrogens is 1. The summed E-state index contributed by atoms with van der Waals surface area (Å²) in [5.41, 5.74) is 7.16. The molecule has 0 atom stereocenters. The fourth-order valence-electron chi connectivity index (χ4n) is 4.66. The van der Waals surface area contributed by atoms with Crippen LogP contribution < -0.4 is 0 Å². The van der Waals surface area contributed by atoms with Crippen molar-refractivity contribution in [1.29, 1.82) is 0 Å². The van der Waals surface area contributed by atoms with E-state index in [-0.39, 0.29) is 16.8 Å². The summed E-state index contributed by atoms with van der Waals surface area (Å²) in [6, 6.07) is 26.2. The van der Waals surface area contributed by atoms with Crippen LogP contribution in [-0.4, -0.2) is 21.6 Å². The van der Waals surface area contributed by atoms with Crippen LogP contribution in [0.15, 0.2) is 90.4 Å². The Labute approximate surface area is 199 Å². The molecule has 33 heavy (non-hydrogen) atoms. The lowest BCUT2D eigenvalue weighted by atomic mass is 9.99. The summed E-state index contributed by atoms with van der Waals surface area (Å²) in [7, 11) is 0. The predicted molar refractivity (Wildman–Crippen MR) is 137 cm³/mol. The molecule has 3 aromatic carbocycles. The molecule has 6 rings (SSSR count). The van der Waals surface area contributed by atoms with E-state index in [1.165, 1.54) is 45.4 Å². The minimum atomic E-state index is -0.0207. The zero-order valence-corrected chi connectivity index (χ0v) is 19.2. The van der Waals surface area contributed by atoms with E-state index in [1.807, 2.05) is 35.7 Å². The molecule has 5 heteroatoms. The molecule has 0 aliphatic heterocycles. The second kappa shape index (κ2) is 8.18. The van der Waals surface area contributed by atoms with E-state index in [1.54, 1.807) is 6.20 Å². The number of hydrogen-bond acceptors (Lipinski definition) is 4. The third kappa shape index (κ3) is 3.45. The van der Waals surface area contributed by atoms with Gasteiger partial charge in [0.15, 0.2) is 0 Å². The van der Waals surface area contributed by atoms with Gasteiger partial charge in [0.25, 0.3) is 0 Å². The summed E-state index contributed by atoms with van der Waals surface area (Å²) in [6.45, 7) is 0. The fraction of sp³-hybridized carbons (Fsp3) is 0.0714. The largest absolute Gasteiger partial charge is 0.360 e. The van der Waals surface area contributed by atoms with Crippen LogP contribution in [0.1, 0.15) is 42.6 Å². The van der Waals surface area contributed by atoms with Crippen molar-refractivity contribution in [2.24, 2.45) is 0 Å². The molecule has 160 valence electrons. The molecule has 1 aliphatic carbocycles. The first-order valence-corrected chi connectivity index (χ1v) is 12.6. The number of thiophene rings is 1. The second-order valence-corrected chi connectivity index (χ2v) is 10.0. The van der Waals surface area contributed by atoms with Crippen LogP contribution in [-0.2, 0) is 0 Å². The van der Waals surface area contributed by atoms with E-state index in [9.17, 15) is 9.59 Å². The molecule has 0 saturated carbocycles. The lowest BCUT2D eigenvalue weighted by molar-refractivity contribution is 0.104. The number of hydrogen-bond donors (Lipinski definition) is 1. The highest BCUT2D eigenvalue weighted by Crippen LogP contribution is 2.46. The van der Waals surface area contributed by atoms with E-state index in [0.717, 1.165) is 10.9 Å². The Morgan fingerprint density at radius 1 is 0.879 bits per heavy atom. The number of fused-ring (bicyclic) bond motifs is 4. The van der Waals surface area contributed by atoms with Gasteiger partial charge in [0.1, 0.15) is 0 Å². The van der Waals surface area contributed by atoms with Gasteiger partial charge in [0.2, 0.25) is 10.9 Å². The van der Waals surface area contributed by atoms with Crippen LogP contribution in [0.2, 0.25) is 0 Å². The van der Waals surface area contributed by atoms with Gasteiger partial charge in [-0.15, -0.1) is 11.3 Å². The first-order valence-electron chi connectivity index (χ1n) is 10.8. The Morgan fingerprint density at radius 2 is 1.61 bits per heavy atom. The van der Waals surface area contributed by atoms with Crippen LogP contribution in [0, 0.1) is 0 Å². The molecule has 0 bridgehead atoms. The van der Waals surface area contributed by atoms with E-state index in [2.05, 4.69) is 53.5 Å². The molecule has 0 saturated heterocycles. The Bertz CT molecular complexity index is 1470. The van der Waals surface area contributed by atoms with Gasteiger partial charge in [0, 0.05) is 39.9 Å². The second-order valence-electron chi connectivity index (χ2n) is 8.09. The van der Waals surface area contributed by atoms with Gasteiger partial charge < -0.3 is 4.98 Å². The normalized spacial score (nSPS) is 12.6. The molecule has 3 nitrogen and oxygen atoms in total. The third-order valence-electron chi connectivity index (χ3n) is 6.25.